The summed E-state index contributed by atoms with van der Waals surface area (Å²) in [6.45, 7) is 0. The second kappa shape index (κ2) is 2.73. The quantitative estimate of drug-likeness (QED) is 0.659. The van der Waals surface area contributed by atoms with Gasteiger partial charge in [0.25, 0.3) is 0 Å². The molecule has 0 saturated heterocycles. The van der Waals surface area contributed by atoms with Crippen LogP contribution < -0.4 is 5.73 Å². The van der Waals surface area contributed by atoms with Crippen LogP contribution in [0.2, 0.25) is 0 Å². The summed E-state index contributed by atoms with van der Waals surface area (Å²) in [4.78, 5) is 0. The van der Waals surface area contributed by atoms with Crippen molar-refractivity contribution >= 4 is 0 Å². The summed E-state index contributed by atoms with van der Waals surface area (Å²) < 4.78 is 39.1. The van der Waals surface area contributed by atoms with Gasteiger partial charge >= 0.3 is 0 Å². The van der Waals surface area contributed by atoms with Gasteiger partial charge in [-0.1, -0.05) is 0 Å². The second-order valence-corrected chi connectivity index (χ2v) is 3.17. The molecule has 2 rings (SSSR count). The van der Waals surface area contributed by atoms with E-state index in [0.29, 0.717) is 0 Å². The largest absolute Gasteiger partial charge is 0.321 e. The molecule has 1 aromatic carbocycles. The second-order valence-electron chi connectivity index (χ2n) is 3.17. The highest BCUT2D eigenvalue weighted by atomic mass is 19.1. The van der Waals surface area contributed by atoms with Crippen LogP contribution in [0.4, 0.5) is 13.2 Å². The molecule has 13 heavy (non-hydrogen) atoms. The van der Waals surface area contributed by atoms with Gasteiger partial charge in [-0.2, -0.15) is 0 Å². The van der Waals surface area contributed by atoms with E-state index in [9.17, 15) is 13.2 Å². The van der Waals surface area contributed by atoms with Crippen LogP contribution in [0.5, 0.6) is 0 Å². The van der Waals surface area contributed by atoms with Gasteiger partial charge in [-0.05, 0) is 17.7 Å². The van der Waals surface area contributed by atoms with E-state index in [2.05, 4.69) is 0 Å². The maximum Gasteiger partial charge on any atom is 0.128 e. The fraction of sp³-hybridized carbons (Fsp3) is 0.333. The Bertz CT molecular complexity index is 351. The lowest BCUT2D eigenvalue weighted by molar-refractivity contribution is 0.300. The highest BCUT2D eigenvalue weighted by Crippen LogP contribution is 2.34. The number of hydrogen-bond acceptors (Lipinski definition) is 1. The summed E-state index contributed by atoms with van der Waals surface area (Å²) in [6, 6.07) is 0.955. The maximum absolute atomic E-state index is 13.1. The molecular weight excluding hydrogens is 179 g/mol. The lowest BCUT2D eigenvalue weighted by atomic mass is 10.1. The van der Waals surface area contributed by atoms with Crippen LogP contribution in [-0.2, 0) is 6.42 Å². The SMILES string of the molecule is NC1c2c(F)ccc(F)c2CC1F. The first-order chi connectivity index (χ1) is 6.11. The molecule has 0 radical (unpaired) electrons. The van der Waals surface area contributed by atoms with Crippen molar-refractivity contribution in [2.24, 2.45) is 5.73 Å². The van der Waals surface area contributed by atoms with Crippen molar-refractivity contribution in [1.82, 2.24) is 0 Å². The third-order valence-corrected chi connectivity index (χ3v) is 2.37. The van der Waals surface area contributed by atoms with Gasteiger partial charge in [0, 0.05) is 12.0 Å². The molecule has 2 atom stereocenters. The molecule has 1 aliphatic carbocycles. The Kier molecular flexibility index (Phi) is 1.80. The molecule has 2 unspecified atom stereocenters. The number of benzene rings is 1. The van der Waals surface area contributed by atoms with E-state index in [1.165, 1.54) is 0 Å². The monoisotopic (exact) mass is 187 g/mol. The molecule has 0 bridgehead atoms. The standard InChI is InChI=1S/C9H8F3N/c10-5-1-2-6(11)8-4(5)3-7(12)9(8)13/h1-2,7,9H,3,13H2. The molecule has 0 fully saturated rings. The lowest BCUT2D eigenvalue weighted by Crippen LogP contribution is -2.18. The van der Waals surface area contributed by atoms with Crippen LogP contribution in [0.3, 0.4) is 0 Å². The fourth-order valence-electron chi connectivity index (χ4n) is 1.68. The Labute approximate surface area is 73.4 Å². The average Bonchev–Trinajstić information content (AvgIpc) is 2.38. The van der Waals surface area contributed by atoms with Crippen molar-refractivity contribution < 1.29 is 13.2 Å². The minimum Gasteiger partial charge on any atom is -0.321 e. The summed E-state index contributed by atoms with van der Waals surface area (Å²) in [7, 11) is 0. The molecule has 2 N–H and O–H groups in total. The number of nitrogens with two attached hydrogens (primary N) is 1. The van der Waals surface area contributed by atoms with Gasteiger partial charge in [-0.15, -0.1) is 0 Å². The zero-order valence-corrected chi connectivity index (χ0v) is 6.73. The Morgan fingerprint density at radius 1 is 1.23 bits per heavy atom. The van der Waals surface area contributed by atoms with Gasteiger partial charge in [0.15, 0.2) is 0 Å². The summed E-state index contributed by atoms with van der Waals surface area (Å²) in [5.74, 6) is -1.20. The number of alkyl halides is 1. The van der Waals surface area contributed by atoms with Crippen LogP contribution in [0.15, 0.2) is 12.1 Å². The minimum atomic E-state index is -1.37. The van der Waals surface area contributed by atoms with Crippen molar-refractivity contribution in [1.29, 1.82) is 0 Å². The summed E-state index contributed by atoms with van der Waals surface area (Å²) in [5, 5.41) is 0. The molecule has 0 aromatic heterocycles. The van der Waals surface area contributed by atoms with Crippen molar-refractivity contribution in [2.75, 3.05) is 0 Å². The average molecular weight is 187 g/mol. The number of fused-ring (bicyclic) bond motifs is 1. The van der Waals surface area contributed by atoms with Crippen LogP contribution in [0, 0.1) is 11.6 Å². The molecule has 1 aromatic rings. The minimum absolute atomic E-state index is 0.00694. The lowest BCUT2D eigenvalue weighted by Gasteiger charge is -2.07. The predicted octanol–water partition coefficient (Wildman–Crippen LogP) is 1.86. The van der Waals surface area contributed by atoms with Crippen molar-refractivity contribution in [3.63, 3.8) is 0 Å². The molecule has 0 spiro atoms. The van der Waals surface area contributed by atoms with E-state index in [4.69, 9.17) is 5.73 Å². The Hall–Kier alpha value is -1.03. The Morgan fingerprint density at radius 3 is 2.46 bits per heavy atom. The smallest absolute Gasteiger partial charge is 0.128 e. The van der Waals surface area contributed by atoms with E-state index in [0.717, 1.165) is 12.1 Å². The van der Waals surface area contributed by atoms with E-state index < -0.39 is 23.8 Å². The topological polar surface area (TPSA) is 26.0 Å². The van der Waals surface area contributed by atoms with Gasteiger partial charge in [-0.25, -0.2) is 13.2 Å². The molecule has 0 aliphatic heterocycles. The van der Waals surface area contributed by atoms with Crippen molar-refractivity contribution in [2.45, 2.75) is 18.6 Å². The zero-order chi connectivity index (χ0) is 9.59. The van der Waals surface area contributed by atoms with E-state index in [1.807, 2.05) is 0 Å². The van der Waals surface area contributed by atoms with Gasteiger partial charge < -0.3 is 5.73 Å². The van der Waals surface area contributed by atoms with Crippen LogP contribution in [0.1, 0.15) is 17.2 Å². The summed E-state index contributed by atoms with van der Waals surface area (Å²) in [6.07, 6.45) is -1.50. The number of halogens is 3. The summed E-state index contributed by atoms with van der Waals surface area (Å²) in [5.41, 5.74) is 5.45. The molecule has 4 heteroatoms. The van der Waals surface area contributed by atoms with Gasteiger partial charge in [0.05, 0.1) is 6.04 Å². The van der Waals surface area contributed by atoms with Gasteiger partial charge in [0.1, 0.15) is 17.8 Å². The first-order valence-electron chi connectivity index (χ1n) is 3.97. The van der Waals surface area contributed by atoms with Crippen LogP contribution in [-0.4, -0.2) is 6.17 Å². The molecule has 1 nitrogen and oxygen atoms in total. The summed E-state index contributed by atoms with van der Waals surface area (Å²) >= 11 is 0. The highest BCUT2D eigenvalue weighted by molar-refractivity contribution is 5.38. The molecule has 1 aliphatic rings. The van der Waals surface area contributed by atoms with Gasteiger partial charge in [0.2, 0.25) is 0 Å². The Morgan fingerprint density at radius 2 is 1.85 bits per heavy atom. The zero-order valence-electron chi connectivity index (χ0n) is 6.73. The number of hydrogen-bond donors (Lipinski definition) is 1. The molecule has 0 heterocycles. The van der Waals surface area contributed by atoms with Crippen LogP contribution >= 0.6 is 0 Å². The van der Waals surface area contributed by atoms with Crippen molar-refractivity contribution in [3.8, 4) is 0 Å². The van der Waals surface area contributed by atoms with Crippen molar-refractivity contribution in [3.05, 3.63) is 34.9 Å². The molecule has 70 valence electrons. The molecule has 0 amide bonds. The molecular formula is C9H8F3N. The van der Waals surface area contributed by atoms with E-state index in [-0.39, 0.29) is 17.5 Å². The maximum atomic E-state index is 13.1. The van der Waals surface area contributed by atoms with Gasteiger partial charge in [-0.3, -0.25) is 0 Å². The normalized spacial score (nSPS) is 26.2. The molecule has 0 saturated carbocycles. The third-order valence-electron chi connectivity index (χ3n) is 2.37. The first-order valence-corrected chi connectivity index (χ1v) is 3.97. The fourth-order valence-corrected chi connectivity index (χ4v) is 1.68. The predicted molar refractivity (Wildman–Crippen MR) is 41.9 cm³/mol. The number of rotatable bonds is 0. The van der Waals surface area contributed by atoms with E-state index >= 15 is 0 Å². The highest BCUT2D eigenvalue weighted by Gasteiger charge is 2.34. The third kappa shape index (κ3) is 1.13. The first kappa shape index (κ1) is 8.56. The van der Waals surface area contributed by atoms with E-state index in [1.54, 1.807) is 0 Å². The van der Waals surface area contributed by atoms with Crippen LogP contribution in [0.25, 0.3) is 0 Å². The Balaban J connectivity index is 2.61.